The van der Waals surface area contributed by atoms with Gasteiger partial charge in [0.25, 0.3) is 0 Å². The van der Waals surface area contributed by atoms with Crippen molar-refractivity contribution < 1.29 is 19.3 Å². The Kier molecular flexibility index (Phi) is 2.11. The Balaban J connectivity index is 2.07. The summed E-state index contributed by atoms with van der Waals surface area (Å²) in [5, 5.41) is 8.99. The monoisotopic (exact) mass is 188 g/mol. The van der Waals surface area contributed by atoms with Gasteiger partial charge in [-0.15, -0.1) is 0 Å². The van der Waals surface area contributed by atoms with Crippen LogP contribution >= 0.6 is 0 Å². The van der Waals surface area contributed by atoms with Crippen molar-refractivity contribution >= 4 is 0 Å². The zero-order valence-corrected chi connectivity index (χ0v) is 8.19. The van der Waals surface area contributed by atoms with E-state index in [-0.39, 0.29) is 31.0 Å². The van der Waals surface area contributed by atoms with Gasteiger partial charge in [0.1, 0.15) is 6.10 Å². The first-order chi connectivity index (χ1) is 6.03. The lowest BCUT2D eigenvalue weighted by molar-refractivity contribution is -0.212. The Bertz CT molecular complexity index is 204. The van der Waals surface area contributed by atoms with Crippen LogP contribution in [-0.4, -0.2) is 36.0 Å². The Morgan fingerprint density at radius 3 is 2.54 bits per heavy atom. The van der Waals surface area contributed by atoms with Crippen molar-refractivity contribution in [2.75, 3.05) is 6.61 Å². The van der Waals surface area contributed by atoms with E-state index in [1.807, 2.05) is 20.8 Å². The van der Waals surface area contributed by atoms with Gasteiger partial charge in [-0.3, -0.25) is 0 Å². The van der Waals surface area contributed by atoms with Gasteiger partial charge in [-0.05, 0) is 13.8 Å². The molecule has 4 nitrogen and oxygen atoms in total. The van der Waals surface area contributed by atoms with E-state index >= 15 is 0 Å². The minimum atomic E-state index is -0.552. The molecular weight excluding hydrogens is 172 g/mol. The number of aliphatic hydroxyl groups is 1. The molecule has 0 aliphatic carbocycles. The molecule has 0 saturated carbocycles. The second kappa shape index (κ2) is 2.92. The summed E-state index contributed by atoms with van der Waals surface area (Å²) in [6, 6.07) is 0. The maximum Gasteiger partial charge on any atom is 0.187 e. The molecule has 2 aliphatic rings. The van der Waals surface area contributed by atoms with Gasteiger partial charge >= 0.3 is 0 Å². The van der Waals surface area contributed by atoms with Crippen LogP contribution in [0.2, 0.25) is 0 Å². The molecule has 2 fully saturated rings. The van der Waals surface area contributed by atoms with Crippen LogP contribution in [0.25, 0.3) is 0 Å². The average molecular weight is 188 g/mol. The average Bonchev–Trinajstić information content (AvgIpc) is 2.47. The lowest BCUT2D eigenvalue weighted by Gasteiger charge is -2.22. The van der Waals surface area contributed by atoms with Crippen LogP contribution in [0.5, 0.6) is 0 Å². The molecule has 2 heterocycles. The van der Waals surface area contributed by atoms with E-state index in [1.54, 1.807) is 0 Å². The zero-order chi connectivity index (χ0) is 9.64. The van der Waals surface area contributed by atoms with Crippen molar-refractivity contribution in [2.45, 2.75) is 45.1 Å². The molecule has 4 heteroatoms. The fraction of sp³-hybridized carbons (Fsp3) is 1.00. The standard InChI is InChI=1S/C9H16O4/c1-5-6(4-10)11-8-7(5)12-9(2,3)13-8/h5-8,10H,4H2,1-3H3/t5-,6+,7+,8+/m0/s1. The van der Waals surface area contributed by atoms with E-state index in [9.17, 15) is 0 Å². The molecule has 0 aromatic rings. The second-order valence-corrected chi connectivity index (χ2v) is 4.18. The lowest BCUT2D eigenvalue weighted by Crippen LogP contribution is -2.30. The number of fused-ring (bicyclic) bond motifs is 1. The summed E-state index contributed by atoms with van der Waals surface area (Å²) in [5.41, 5.74) is 0. The smallest absolute Gasteiger partial charge is 0.187 e. The topological polar surface area (TPSA) is 47.9 Å². The molecule has 0 unspecified atom stereocenters. The minimum absolute atomic E-state index is 0.0291. The third-order valence-electron chi connectivity index (χ3n) is 2.68. The molecule has 1 N–H and O–H groups in total. The highest BCUT2D eigenvalue weighted by atomic mass is 16.8. The Morgan fingerprint density at radius 2 is 2.00 bits per heavy atom. The van der Waals surface area contributed by atoms with Gasteiger partial charge in [-0.25, -0.2) is 0 Å². The van der Waals surface area contributed by atoms with Crippen molar-refractivity contribution in [2.24, 2.45) is 5.92 Å². The van der Waals surface area contributed by atoms with Crippen molar-refractivity contribution in [3.63, 3.8) is 0 Å². The van der Waals surface area contributed by atoms with Crippen LogP contribution in [0.4, 0.5) is 0 Å². The highest BCUT2D eigenvalue weighted by molar-refractivity contribution is 4.90. The third kappa shape index (κ3) is 1.48. The molecule has 0 radical (unpaired) electrons. The van der Waals surface area contributed by atoms with Gasteiger partial charge in [0, 0.05) is 5.92 Å². The molecule has 13 heavy (non-hydrogen) atoms. The zero-order valence-electron chi connectivity index (χ0n) is 8.19. The van der Waals surface area contributed by atoms with Crippen molar-refractivity contribution in [1.29, 1.82) is 0 Å². The van der Waals surface area contributed by atoms with Gasteiger partial charge in [-0.2, -0.15) is 0 Å². The largest absolute Gasteiger partial charge is 0.394 e. The van der Waals surface area contributed by atoms with Gasteiger partial charge < -0.3 is 19.3 Å². The summed E-state index contributed by atoms with van der Waals surface area (Å²) in [6.07, 6.45) is -0.486. The van der Waals surface area contributed by atoms with Gasteiger partial charge in [0.15, 0.2) is 12.1 Å². The van der Waals surface area contributed by atoms with Crippen molar-refractivity contribution in [3.8, 4) is 0 Å². The maximum absolute atomic E-state index is 8.99. The SMILES string of the molecule is C[C@@H]1[C@H]2OC(C)(C)O[C@H]2O[C@@H]1CO. The normalized spacial score (nSPS) is 48.0. The first-order valence-corrected chi connectivity index (χ1v) is 4.65. The first kappa shape index (κ1) is 9.40. The third-order valence-corrected chi connectivity index (χ3v) is 2.68. The summed E-state index contributed by atoms with van der Waals surface area (Å²) in [7, 11) is 0. The molecule has 4 atom stereocenters. The summed E-state index contributed by atoms with van der Waals surface area (Å²) < 4.78 is 16.7. The Labute approximate surface area is 77.8 Å². The summed E-state index contributed by atoms with van der Waals surface area (Å²) >= 11 is 0. The highest BCUT2D eigenvalue weighted by Gasteiger charge is 2.52. The summed E-state index contributed by atoms with van der Waals surface area (Å²) in [4.78, 5) is 0. The van der Waals surface area contributed by atoms with Crippen LogP contribution in [0.3, 0.4) is 0 Å². The molecule has 0 amide bonds. The van der Waals surface area contributed by atoms with E-state index in [0.29, 0.717) is 0 Å². The molecule has 0 aromatic carbocycles. The van der Waals surface area contributed by atoms with Crippen LogP contribution in [0.15, 0.2) is 0 Å². The van der Waals surface area contributed by atoms with Crippen LogP contribution in [0.1, 0.15) is 20.8 Å². The van der Waals surface area contributed by atoms with E-state index in [2.05, 4.69) is 0 Å². The van der Waals surface area contributed by atoms with Crippen molar-refractivity contribution in [3.05, 3.63) is 0 Å². The van der Waals surface area contributed by atoms with E-state index in [1.165, 1.54) is 0 Å². The number of hydrogen-bond acceptors (Lipinski definition) is 4. The Morgan fingerprint density at radius 1 is 1.31 bits per heavy atom. The molecule has 76 valence electrons. The molecule has 2 aliphatic heterocycles. The lowest BCUT2D eigenvalue weighted by atomic mass is 10.0. The number of hydrogen-bond donors (Lipinski definition) is 1. The highest BCUT2D eigenvalue weighted by Crippen LogP contribution is 2.40. The molecule has 2 rings (SSSR count). The van der Waals surface area contributed by atoms with E-state index in [0.717, 1.165) is 0 Å². The quantitative estimate of drug-likeness (QED) is 0.650. The number of ether oxygens (including phenoxy) is 3. The number of rotatable bonds is 1. The molecule has 0 bridgehead atoms. The predicted octanol–water partition coefficient (Wildman–Crippen LogP) is 0.491. The van der Waals surface area contributed by atoms with Crippen LogP contribution < -0.4 is 0 Å². The fourth-order valence-electron chi connectivity index (χ4n) is 1.94. The predicted molar refractivity (Wildman–Crippen MR) is 44.9 cm³/mol. The molecule has 2 saturated heterocycles. The Hall–Kier alpha value is -0.160. The summed E-state index contributed by atoms with van der Waals surface area (Å²) in [6.45, 7) is 5.78. The van der Waals surface area contributed by atoms with Crippen LogP contribution in [0, 0.1) is 5.92 Å². The van der Waals surface area contributed by atoms with Crippen LogP contribution in [-0.2, 0) is 14.2 Å². The van der Waals surface area contributed by atoms with E-state index < -0.39 is 5.79 Å². The molecule has 0 aromatic heterocycles. The maximum atomic E-state index is 8.99. The van der Waals surface area contributed by atoms with Gasteiger partial charge in [-0.1, -0.05) is 6.92 Å². The molecular formula is C9H16O4. The fourth-order valence-corrected chi connectivity index (χ4v) is 1.94. The van der Waals surface area contributed by atoms with Gasteiger partial charge in [0.05, 0.1) is 12.7 Å². The minimum Gasteiger partial charge on any atom is -0.394 e. The van der Waals surface area contributed by atoms with E-state index in [4.69, 9.17) is 19.3 Å². The molecule has 0 spiro atoms. The van der Waals surface area contributed by atoms with Gasteiger partial charge in [0.2, 0.25) is 0 Å². The second-order valence-electron chi connectivity index (χ2n) is 4.18. The first-order valence-electron chi connectivity index (χ1n) is 4.65. The van der Waals surface area contributed by atoms with Crippen molar-refractivity contribution in [1.82, 2.24) is 0 Å². The number of aliphatic hydroxyl groups excluding tert-OH is 1. The summed E-state index contributed by atoms with van der Waals surface area (Å²) in [5.74, 6) is -0.360.